The minimum absolute atomic E-state index is 0.0365. The first-order valence-electron chi connectivity index (χ1n) is 6.36. The van der Waals surface area contributed by atoms with E-state index in [9.17, 15) is 9.18 Å². The number of nitrogens with zero attached hydrogens (tertiary/aromatic N) is 1. The van der Waals surface area contributed by atoms with Gasteiger partial charge in [-0.05, 0) is 25.5 Å². The molecule has 2 rings (SSSR count). The molecular weight excluding hydrogens is 293 g/mol. The summed E-state index contributed by atoms with van der Waals surface area (Å²) in [5.74, 6) is -1.16. The number of carbonyl (C=O) groups excluding carboxylic acids is 1. The molecule has 0 aliphatic rings. The Hall–Kier alpha value is -2.15. The highest BCUT2D eigenvalue weighted by Gasteiger charge is 2.16. The fraction of sp³-hybridized carbons (Fsp3) is 0.286. The molecule has 0 unspecified atom stereocenters. The summed E-state index contributed by atoms with van der Waals surface area (Å²) >= 11 is 1.43. The first-order valence-corrected chi connectivity index (χ1v) is 7.18. The lowest BCUT2D eigenvalue weighted by Gasteiger charge is -2.09. The molecule has 3 N–H and O–H groups in total. The van der Waals surface area contributed by atoms with Crippen LogP contribution in [0.15, 0.2) is 12.1 Å². The van der Waals surface area contributed by atoms with Crippen molar-refractivity contribution in [1.82, 2.24) is 4.98 Å². The number of benzene rings is 1. The second-order valence-corrected chi connectivity index (χ2v) is 5.61. The van der Waals surface area contributed by atoms with Gasteiger partial charge in [0, 0.05) is 10.6 Å². The molecule has 7 heteroatoms. The van der Waals surface area contributed by atoms with E-state index in [2.05, 4.69) is 15.0 Å². The molecule has 1 aromatic carbocycles. The lowest BCUT2D eigenvalue weighted by Crippen LogP contribution is -2.07. The molecule has 0 fully saturated rings. The second-order valence-electron chi connectivity index (χ2n) is 4.41. The van der Waals surface area contributed by atoms with E-state index in [4.69, 9.17) is 5.73 Å². The van der Waals surface area contributed by atoms with Crippen molar-refractivity contribution >= 4 is 33.8 Å². The van der Waals surface area contributed by atoms with Crippen molar-refractivity contribution in [3.63, 3.8) is 0 Å². The minimum Gasteiger partial charge on any atom is -0.465 e. The monoisotopic (exact) mass is 309 g/mol. The SMILES string of the molecule is CCc1nc(Nc2cc(C(=O)OC)c(N)cc2F)sc1C. The largest absolute Gasteiger partial charge is 0.465 e. The highest BCUT2D eigenvalue weighted by atomic mass is 32.1. The third kappa shape index (κ3) is 3.13. The molecule has 0 spiro atoms. The smallest absolute Gasteiger partial charge is 0.340 e. The van der Waals surface area contributed by atoms with E-state index in [0.717, 1.165) is 23.1 Å². The Morgan fingerprint density at radius 2 is 2.24 bits per heavy atom. The highest BCUT2D eigenvalue weighted by molar-refractivity contribution is 7.15. The highest BCUT2D eigenvalue weighted by Crippen LogP contribution is 2.29. The molecule has 0 saturated heterocycles. The summed E-state index contributed by atoms with van der Waals surface area (Å²) < 4.78 is 18.6. The normalized spacial score (nSPS) is 10.5. The summed E-state index contributed by atoms with van der Waals surface area (Å²) in [5, 5.41) is 3.46. The van der Waals surface area contributed by atoms with Gasteiger partial charge in [0.05, 0.1) is 24.1 Å². The molecule has 0 aliphatic carbocycles. The van der Waals surface area contributed by atoms with Gasteiger partial charge in [-0.2, -0.15) is 0 Å². The number of anilines is 3. The quantitative estimate of drug-likeness (QED) is 0.669. The second kappa shape index (κ2) is 6.09. The molecule has 0 aliphatic heterocycles. The third-order valence-electron chi connectivity index (χ3n) is 3.01. The predicted octanol–water partition coefficient (Wildman–Crippen LogP) is 3.27. The number of aryl methyl sites for hydroxylation is 2. The zero-order valence-electron chi connectivity index (χ0n) is 12.0. The Balaban J connectivity index is 2.36. The zero-order valence-corrected chi connectivity index (χ0v) is 12.8. The van der Waals surface area contributed by atoms with E-state index in [1.54, 1.807) is 0 Å². The number of aromatic nitrogens is 1. The fourth-order valence-electron chi connectivity index (χ4n) is 1.90. The summed E-state index contributed by atoms with van der Waals surface area (Å²) in [6, 6.07) is 2.43. The molecule has 112 valence electrons. The maximum Gasteiger partial charge on any atom is 0.340 e. The number of rotatable bonds is 4. The van der Waals surface area contributed by atoms with Crippen molar-refractivity contribution in [1.29, 1.82) is 0 Å². The molecule has 1 aromatic heterocycles. The van der Waals surface area contributed by atoms with Crippen LogP contribution in [0, 0.1) is 12.7 Å². The Morgan fingerprint density at radius 1 is 1.52 bits per heavy atom. The van der Waals surface area contributed by atoms with Crippen molar-refractivity contribution in [2.45, 2.75) is 20.3 Å². The number of methoxy groups -OCH3 is 1. The zero-order chi connectivity index (χ0) is 15.6. The number of nitrogens with two attached hydrogens (primary N) is 1. The molecule has 0 saturated carbocycles. The summed E-state index contributed by atoms with van der Waals surface area (Å²) in [7, 11) is 1.25. The van der Waals surface area contributed by atoms with E-state index >= 15 is 0 Å². The van der Waals surface area contributed by atoms with Crippen LogP contribution in [0.25, 0.3) is 0 Å². The van der Waals surface area contributed by atoms with Crippen molar-refractivity contribution in [3.05, 3.63) is 34.1 Å². The van der Waals surface area contributed by atoms with Crippen LogP contribution in [0.1, 0.15) is 27.9 Å². The van der Waals surface area contributed by atoms with Gasteiger partial charge >= 0.3 is 5.97 Å². The first-order chi connectivity index (χ1) is 9.96. The van der Waals surface area contributed by atoms with Gasteiger partial charge in [0.25, 0.3) is 0 Å². The van der Waals surface area contributed by atoms with Crippen LogP contribution in [0.4, 0.5) is 20.9 Å². The topological polar surface area (TPSA) is 77.2 Å². The van der Waals surface area contributed by atoms with E-state index in [1.165, 1.54) is 24.5 Å². The summed E-state index contributed by atoms with van der Waals surface area (Å²) in [4.78, 5) is 17.0. The van der Waals surface area contributed by atoms with Crippen LogP contribution in [0.3, 0.4) is 0 Å². The molecule has 21 heavy (non-hydrogen) atoms. The van der Waals surface area contributed by atoms with Gasteiger partial charge in [-0.15, -0.1) is 11.3 Å². The molecule has 0 amide bonds. The molecule has 2 aromatic rings. The Morgan fingerprint density at radius 3 is 2.81 bits per heavy atom. The standard InChI is InChI=1S/C14H16FN3O2S/c1-4-11-7(2)21-14(17-11)18-12-5-8(13(19)20-3)10(16)6-9(12)15/h5-6H,4,16H2,1-3H3,(H,17,18). The van der Waals surface area contributed by atoms with Gasteiger partial charge in [0.15, 0.2) is 5.13 Å². The number of nitrogen functional groups attached to an aromatic ring is 1. The molecule has 0 bridgehead atoms. The Kier molecular flexibility index (Phi) is 4.42. The van der Waals surface area contributed by atoms with E-state index in [0.29, 0.717) is 5.13 Å². The van der Waals surface area contributed by atoms with Crippen molar-refractivity contribution in [2.24, 2.45) is 0 Å². The number of halogens is 1. The van der Waals surface area contributed by atoms with Crippen molar-refractivity contribution in [3.8, 4) is 0 Å². The third-order valence-corrected chi connectivity index (χ3v) is 3.94. The molecule has 1 heterocycles. The predicted molar refractivity (Wildman–Crippen MR) is 81.7 cm³/mol. The number of nitrogens with one attached hydrogen (secondary N) is 1. The van der Waals surface area contributed by atoms with Crippen molar-refractivity contribution < 1.29 is 13.9 Å². The van der Waals surface area contributed by atoms with Gasteiger partial charge < -0.3 is 15.8 Å². The van der Waals surface area contributed by atoms with Crippen LogP contribution in [0.2, 0.25) is 0 Å². The number of esters is 1. The van der Waals surface area contributed by atoms with E-state index in [-0.39, 0.29) is 16.9 Å². The number of hydrogen-bond acceptors (Lipinski definition) is 6. The van der Waals surface area contributed by atoms with E-state index < -0.39 is 11.8 Å². The summed E-state index contributed by atoms with van der Waals surface area (Å²) in [6.45, 7) is 3.96. The number of ether oxygens (including phenoxy) is 1. The minimum atomic E-state index is -0.611. The van der Waals surface area contributed by atoms with Crippen LogP contribution in [-0.4, -0.2) is 18.1 Å². The van der Waals surface area contributed by atoms with Crippen molar-refractivity contribution in [2.75, 3.05) is 18.2 Å². The maximum atomic E-state index is 14.0. The van der Waals surface area contributed by atoms with Crippen LogP contribution < -0.4 is 11.1 Å². The summed E-state index contributed by atoms with van der Waals surface area (Å²) in [6.07, 6.45) is 0.807. The van der Waals surface area contributed by atoms with Crippen LogP contribution in [0.5, 0.6) is 0 Å². The molecule has 5 nitrogen and oxygen atoms in total. The average Bonchev–Trinajstić information content (AvgIpc) is 2.81. The van der Waals surface area contributed by atoms with Gasteiger partial charge in [-0.3, -0.25) is 0 Å². The van der Waals surface area contributed by atoms with Crippen LogP contribution >= 0.6 is 11.3 Å². The number of thiazole rings is 1. The Bertz CT molecular complexity index is 685. The first kappa shape index (κ1) is 15.2. The van der Waals surface area contributed by atoms with Gasteiger partial charge in [-0.1, -0.05) is 6.92 Å². The number of carbonyl (C=O) groups is 1. The van der Waals surface area contributed by atoms with E-state index in [1.807, 2.05) is 13.8 Å². The number of hydrogen-bond donors (Lipinski definition) is 2. The van der Waals surface area contributed by atoms with Crippen LogP contribution in [-0.2, 0) is 11.2 Å². The lowest BCUT2D eigenvalue weighted by atomic mass is 10.1. The molecule has 0 radical (unpaired) electrons. The summed E-state index contributed by atoms with van der Waals surface area (Å²) in [5.41, 5.74) is 6.89. The maximum absolute atomic E-state index is 14.0. The van der Waals surface area contributed by atoms with Gasteiger partial charge in [0.1, 0.15) is 5.82 Å². The fourth-order valence-corrected chi connectivity index (χ4v) is 2.81. The molecule has 0 atom stereocenters. The average molecular weight is 309 g/mol. The lowest BCUT2D eigenvalue weighted by molar-refractivity contribution is 0.0602. The molecular formula is C14H16FN3O2S. The Labute approximate surface area is 126 Å². The van der Waals surface area contributed by atoms with Gasteiger partial charge in [-0.25, -0.2) is 14.2 Å². The van der Waals surface area contributed by atoms with Gasteiger partial charge in [0.2, 0.25) is 0 Å².